The lowest BCUT2D eigenvalue weighted by atomic mass is 10.2. The van der Waals surface area contributed by atoms with Crippen LogP contribution >= 0.6 is 0 Å². The van der Waals surface area contributed by atoms with Crippen LogP contribution in [0.1, 0.15) is 0 Å². The summed E-state index contributed by atoms with van der Waals surface area (Å²) in [5, 5.41) is 0.850. The fourth-order valence-corrected chi connectivity index (χ4v) is 2.23. The van der Waals surface area contributed by atoms with Gasteiger partial charge in [0.05, 0.1) is 5.69 Å². The van der Waals surface area contributed by atoms with Gasteiger partial charge in [0.15, 0.2) is 11.5 Å². The van der Waals surface area contributed by atoms with Crippen molar-refractivity contribution in [1.82, 2.24) is 5.12 Å². The fraction of sp³-hybridized carbons (Fsp3) is 0.500. The minimum Gasteiger partial charge on any atom is -0.486 e. The van der Waals surface area contributed by atoms with E-state index in [1.54, 1.807) is 0 Å². The van der Waals surface area contributed by atoms with Gasteiger partial charge in [-0.1, -0.05) is 6.07 Å². The van der Waals surface area contributed by atoms with Crippen molar-refractivity contribution in [1.29, 1.82) is 0 Å². The molecule has 0 spiro atoms. The molecular weight excluding hydrogens is 223 g/mol. The number of hydrogen-bond donors (Lipinski definition) is 0. The molecule has 0 aliphatic carbocycles. The van der Waals surface area contributed by atoms with E-state index >= 15 is 0 Å². The van der Waals surface area contributed by atoms with Crippen LogP contribution in [-0.4, -0.2) is 44.5 Å². The van der Waals surface area contributed by atoms with Gasteiger partial charge in [0.25, 0.3) is 0 Å². The average molecular weight is 238 g/mol. The van der Waals surface area contributed by atoms with Crippen molar-refractivity contribution < 1.29 is 14.0 Å². The number of para-hydroxylation sites is 1. The van der Waals surface area contributed by atoms with E-state index in [0.717, 1.165) is 22.3 Å². The van der Waals surface area contributed by atoms with Crippen LogP contribution in [0.3, 0.4) is 0 Å². The van der Waals surface area contributed by atoms with Gasteiger partial charge in [0.2, 0.25) is 0 Å². The lowest BCUT2D eigenvalue weighted by Gasteiger charge is -2.33. The number of ether oxygens (including phenoxy) is 2. The van der Waals surface area contributed by atoms with Crippen molar-refractivity contribution in [3.05, 3.63) is 18.2 Å². The van der Waals surface area contributed by atoms with Crippen molar-refractivity contribution in [3.63, 3.8) is 0 Å². The van der Waals surface area contributed by atoms with Crippen LogP contribution in [0, 0.1) is 0 Å². The summed E-state index contributed by atoms with van der Waals surface area (Å²) in [6.45, 7) is 3.39. The maximum atomic E-state index is 13.0. The summed E-state index contributed by atoms with van der Waals surface area (Å²) in [5.41, 5.74) is 1.01. The third-order valence-corrected chi connectivity index (χ3v) is 3.11. The first-order valence-corrected chi connectivity index (χ1v) is 5.89. The predicted molar refractivity (Wildman–Crippen MR) is 62.3 cm³/mol. The zero-order chi connectivity index (χ0) is 11.7. The van der Waals surface area contributed by atoms with Crippen LogP contribution in [0.4, 0.5) is 10.2 Å². The molecule has 1 aromatic rings. The summed E-state index contributed by atoms with van der Waals surface area (Å²) in [5.74, 6) is 1.59. The second-order valence-electron chi connectivity index (χ2n) is 4.20. The first-order chi connectivity index (χ1) is 8.34. The van der Waals surface area contributed by atoms with Crippen LogP contribution in [-0.2, 0) is 0 Å². The molecule has 2 aliphatic rings. The molecule has 0 radical (unpaired) electrons. The lowest BCUT2D eigenvalue weighted by Crippen LogP contribution is -2.43. The van der Waals surface area contributed by atoms with Gasteiger partial charge in [0, 0.05) is 26.2 Å². The van der Waals surface area contributed by atoms with Crippen LogP contribution < -0.4 is 14.4 Å². The molecule has 17 heavy (non-hydrogen) atoms. The minimum atomic E-state index is 0.435. The molecule has 4 nitrogen and oxygen atoms in total. The monoisotopic (exact) mass is 238 g/mol. The number of rotatable bonds is 1. The zero-order valence-electron chi connectivity index (χ0n) is 9.56. The van der Waals surface area contributed by atoms with Crippen molar-refractivity contribution in [2.45, 2.75) is 0 Å². The summed E-state index contributed by atoms with van der Waals surface area (Å²) in [4.78, 5) is 2.14. The molecule has 0 saturated carbocycles. The van der Waals surface area contributed by atoms with Crippen LogP contribution in [0.25, 0.3) is 0 Å². The van der Waals surface area contributed by atoms with E-state index in [0.29, 0.717) is 39.4 Å². The molecule has 0 amide bonds. The molecule has 2 aliphatic heterocycles. The summed E-state index contributed by atoms with van der Waals surface area (Å²) in [6, 6.07) is 5.86. The molecule has 0 N–H and O–H groups in total. The Morgan fingerprint density at radius 3 is 2.59 bits per heavy atom. The third-order valence-electron chi connectivity index (χ3n) is 3.11. The third kappa shape index (κ3) is 2.02. The van der Waals surface area contributed by atoms with Gasteiger partial charge in [-0.2, -0.15) is 0 Å². The minimum absolute atomic E-state index is 0.435. The summed E-state index contributed by atoms with van der Waals surface area (Å²) >= 11 is 0. The first-order valence-electron chi connectivity index (χ1n) is 5.89. The van der Waals surface area contributed by atoms with Crippen molar-refractivity contribution in [2.75, 3.05) is 44.3 Å². The van der Waals surface area contributed by atoms with Crippen LogP contribution in [0.5, 0.6) is 11.5 Å². The van der Waals surface area contributed by atoms with Gasteiger partial charge >= 0.3 is 0 Å². The number of anilines is 1. The quantitative estimate of drug-likeness (QED) is 0.692. The van der Waals surface area contributed by atoms with E-state index in [-0.39, 0.29) is 0 Å². The molecular formula is C12H15FN2O2. The maximum absolute atomic E-state index is 13.0. The fourth-order valence-electron chi connectivity index (χ4n) is 2.23. The van der Waals surface area contributed by atoms with Gasteiger partial charge < -0.3 is 14.4 Å². The lowest BCUT2D eigenvalue weighted by molar-refractivity contribution is 0.0199. The Labute approximate surface area is 99.5 Å². The van der Waals surface area contributed by atoms with Crippen molar-refractivity contribution in [2.24, 2.45) is 0 Å². The molecule has 92 valence electrons. The standard InChI is InChI=1S/C12H15FN2O2/c13-15-6-4-14(5-7-15)10-2-1-3-11-12(10)17-9-8-16-11/h1-3H,4-9H2. The van der Waals surface area contributed by atoms with Gasteiger partial charge in [-0.15, -0.1) is 9.60 Å². The smallest absolute Gasteiger partial charge is 0.184 e. The molecule has 2 heterocycles. The zero-order valence-corrected chi connectivity index (χ0v) is 9.56. The van der Waals surface area contributed by atoms with Crippen LogP contribution in [0.15, 0.2) is 18.2 Å². The Bertz CT molecular complexity index is 405. The SMILES string of the molecule is FN1CCN(c2cccc3c2OCCO3)CC1. The number of halogens is 1. The highest BCUT2D eigenvalue weighted by Gasteiger charge is 2.23. The summed E-state index contributed by atoms with van der Waals surface area (Å²) in [7, 11) is 0. The highest BCUT2D eigenvalue weighted by atomic mass is 19.2. The maximum Gasteiger partial charge on any atom is 0.184 e. The largest absolute Gasteiger partial charge is 0.486 e. The van der Waals surface area contributed by atoms with Gasteiger partial charge in [-0.05, 0) is 12.1 Å². The van der Waals surface area contributed by atoms with E-state index in [4.69, 9.17) is 9.47 Å². The Hall–Kier alpha value is -1.49. The number of hydrogen-bond acceptors (Lipinski definition) is 4. The highest BCUT2D eigenvalue weighted by molar-refractivity contribution is 5.65. The molecule has 0 bridgehead atoms. The summed E-state index contributed by atoms with van der Waals surface area (Å²) < 4.78 is 24.2. The number of benzene rings is 1. The topological polar surface area (TPSA) is 24.9 Å². The second-order valence-corrected chi connectivity index (χ2v) is 4.20. The van der Waals surface area contributed by atoms with Gasteiger partial charge in [-0.3, -0.25) is 0 Å². The molecule has 1 saturated heterocycles. The van der Waals surface area contributed by atoms with Gasteiger partial charge in [-0.25, -0.2) is 0 Å². The number of piperazine rings is 1. The van der Waals surface area contributed by atoms with Gasteiger partial charge in [0.1, 0.15) is 13.2 Å². The summed E-state index contributed by atoms with van der Waals surface area (Å²) in [6.07, 6.45) is 0. The van der Waals surface area contributed by atoms with Crippen molar-refractivity contribution in [3.8, 4) is 11.5 Å². The predicted octanol–water partition coefficient (Wildman–Crippen LogP) is 1.46. The molecule has 1 aromatic carbocycles. The Morgan fingerprint density at radius 1 is 1.00 bits per heavy atom. The molecule has 0 unspecified atom stereocenters. The van der Waals surface area contributed by atoms with E-state index in [9.17, 15) is 4.48 Å². The van der Waals surface area contributed by atoms with E-state index in [1.165, 1.54) is 0 Å². The van der Waals surface area contributed by atoms with Crippen LogP contribution in [0.2, 0.25) is 0 Å². The Morgan fingerprint density at radius 2 is 1.76 bits per heavy atom. The number of fused-ring (bicyclic) bond motifs is 1. The number of nitrogens with zero attached hydrogens (tertiary/aromatic N) is 2. The van der Waals surface area contributed by atoms with E-state index < -0.39 is 0 Å². The van der Waals surface area contributed by atoms with E-state index in [2.05, 4.69) is 4.90 Å². The molecule has 1 fully saturated rings. The average Bonchev–Trinajstić information content (AvgIpc) is 2.39. The highest BCUT2D eigenvalue weighted by Crippen LogP contribution is 2.39. The second kappa shape index (κ2) is 4.41. The normalized spacial score (nSPS) is 20.4. The van der Waals surface area contributed by atoms with E-state index in [1.807, 2.05) is 18.2 Å². The molecule has 0 atom stereocenters. The first kappa shape index (κ1) is 10.7. The Balaban J connectivity index is 1.87. The van der Waals surface area contributed by atoms with Crippen molar-refractivity contribution >= 4 is 5.69 Å². The Kier molecular flexibility index (Phi) is 2.76. The molecule has 5 heteroatoms. The molecule has 0 aromatic heterocycles. The molecule has 3 rings (SSSR count).